The number of hydrogen-bond acceptors (Lipinski definition) is 2. The van der Waals surface area contributed by atoms with Crippen molar-refractivity contribution in [1.29, 1.82) is 0 Å². The zero-order valence-electron chi connectivity index (χ0n) is 9.50. The predicted molar refractivity (Wildman–Crippen MR) is 58.2 cm³/mol. The lowest BCUT2D eigenvalue weighted by atomic mass is 9.74. The Balaban J connectivity index is 2.17. The van der Waals surface area contributed by atoms with E-state index in [1.807, 2.05) is 6.92 Å². The van der Waals surface area contributed by atoms with Gasteiger partial charge < -0.3 is 15.7 Å². The van der Waals surface area contributed by atoms with E-state index in [1.165, 1.54) is 0 Å². The highest BCUT2D eigenvalue weighted by atomic mass is 19.1. The smallest absolute Gasteiger partial charge is 0.404 e. The molecule has 1 spiro atoms. The van der Waals surface area contributed by atoms with Crippen LogP contribution in [0.25, 0.3) is 0 Å². The second kappa shape index (κ2) is 4.20. The SMILES string of the molecule is C[C@@H]1CC2(CCNCC2)C(NC(=O)O)C1F. The molecule has 3 atom stereocenters. The van der Waals surface area contributed by atoms with Crippen LogP contribution in [0.3, 0.4) is 0 Å². The van der Waals surface area contributed by atoms with Gasteiger partial charge in [0.05, 0.1) is 6.04 Å². The maximum Gasteiger partial charge on any atom is 0.404 e. The van der Waals surface area contributed by atoms with Crippen LogP contribution in [-0.4, -0.2) is 36.5 Å². The second-order valence-electron chi connectivity index (χ2n) is 5.17. The summed E-state index contributed by atoms with van der Waals surface area (Å²) in [7, 11) is 0. The molecule has 1 heterocycles. The van der Waals surface area contributed by atoms with Gasteiger partial charge in [0.25, 0.3) is 0 Å². The molecule has 3 N–H and O–H groups in total. The molecule has 0 aromatic heterocycles. The molecule has 16 heavy (non-hydrogen) atoms. The number of carboxylic acid groups (broad SMARTS) is 1. The molecule has 0 aromatic rings. The summed E-state index contributed by atoms with van der Waals surface area (Å²) >= 11 is 0. The van der Waals surface area contributed by atoms with Crippen molar-refractivity contribution in [2.75, 3.05) is 13.1 Å². The van der Waals surface area contributed by atoms with E-state index < -0.39 is 18.3 Å². The van der Waals surface area contributed by atoms with E-state index in [1.54, 1.807) is 0 Å². The van der Waals surface area contributed by atoms with Crippen molar-refractivity contribution in [3.05, 3.63) is 0 Å². The monoisotopic (exact) mass is 230 g/mol. The molecular weight excluding hydrogens is 211 g/mol. The number of carbonyl (C=O) groups is 1. The van der Waals surface area contributed by atoms with Crippen molar-refractivity contribution in [2.45, 2.75) is 38.4 Å². The molecule has 2 aliphatic rings. The molecule has 4 nitrogen and oxygen atoms in total. The topological polar surface area (TPSA) is 61.4 Å². The third kappa shape index (κ3) is 1.88. The van der Waals surface area contributed by atoms with E-state index in [0.717, 1.165) is 32.4 Å². The molecule has 92 valence electrons. The highest BCUT2D eigenvalue weighted by molar-refractivity contribution is 5.65. The fourth-order valence-electron chi connectivity index (χ4n) is 3.35. The fourth-order valence-corrected chi connectivity index (χ4v) is 3.35. The van der Waals surface area contributed by atoms with Crippen molar-refractivity contribution in [3.63, 3.8) is 0 Å². The molecule has 0 bridgehead atoms. The second-order valence-corrected chi connectivity index (χ2v) is 5.17. The molecule has 1 amide bonds. The first-order valence-corrected chi connectivity index (χ1v) is 5.89. The lowest BCUT2D eigenvalue weighted by molar-refractivity contribution is 0.118. The largest absolute Gasteiger partial charge is 0.465 e. The zero-order valence-corrected chi connectivity index (χ0v) is 9.50. The normalized spacial score (nSPS) is 37.5. The van der Waals surface area contributed by atoms with Gasteiger partial charge in [0, 0.05) is 0 Å². The molecule has 2 unspecified atom stereocenters. The van der Waals surface area contributed by atoms with E-state index in [2.05, 4.69) is 10.6 Å². The minimum absolute atomic E-state index is 0.0463. The van der Waals surface area contributed by atoms with Gasteiger partial charge in [-0.1, -0.05) is 6.92 Å². The molecule has 0 aromatic carbocycles. The first-order valence-electron chi connectivity index (χ1n) is 5.89. The molecule has 2 fully saturated rings. The van der Waals surface area contributed by atoms with Crippen molar-refractivity contribution < 1.29 is 14.3 Å². The maximum absolute atomic E-state index is 14.0. The Kier molecular flexibility index (Phi) is 3.06. The van der Waals surface area contributed by atoms with E-state index in [4.69, 9.17) is 5.11 Å². The van der Waals surface area contributed by atoms with Gasteiger partial charge in [-0.15, -0.1) is 0 Å². The maximum atomic E-state index is 14.0. The van der Waals surface area contributed by atoms with Crippen LogP contribution < -0.4 is 10.6 Å². The Hall–Kier alpha value is -0.840. The molecule has 1 saturated heterocycles. The zero-order chi connectivity index (χ0) is 11.8. The third-order valence-corrected chi connectivity index (χ3v) is 4.13. The Labute approximate surface area is 94.6 Å². The van der Waals surface area contributed by atoms with Gasteiger partial charge in [-0.3, -0.25) is 0 Å². The fraction of sp³-hybridized carbons (Fsp3) is 0.909. The number of halogens is 1. The molecule has 0 radical (unpaired) electrons. The Morgan fingerprint density at radius 3 is 2.69 bits per heavy atom. The highest BCUT2D eigenvalue weighted by Crippen LogP contribution is 2.49. The Morgan fingerprint density at radius 2 is 2.12 bits per heavy atom. The standard InChI is InChI=1S/C11H19FN2O2/c1-7-6-11(2-4-13-5-3-11)9(8(7)12)14-10(15)16/h7-9,13-14H,2-6H2,1H3,(H,15,16)/t7-,8?,9?/m1/s1. The minimum atomic E-state index is -1.11. The van der Waals surface area contributed by atoms with Crippen LogP contribution in [-0.2, 0) is 0 Å². The van der Waals surface area contributed by atoms with Crippen molar-refractivity contribution in [1.82, 2.24) is 10.6 Å². The summed E-state index contributed by atoms with van der Waals surface area (Å²) < 4.78 is 14.0. The van der Waals surface area contributed by atoms with E-state index in [0.29, 0.717) is 0 Å². The summed E-state index contributed by atoms with van der Waals surface area (Å²) in [5.41, 5.74) is -0.164. The van der Waals surface area contributed by atoms with Crippen LogP contribution in [0.15, 0.2) is 0 Å². The van der Waals surface area contributed by atoms with Crippen molar-refractivity contribution >= 4 is 6.09 Å². The average molecular weight is 230 g/mol. The van der Waals surface area contributed by atoms with Gasteiger partial charge in [-0.2, -0.15) is 0 Å². The number of piperidine rings is 1. The lowest BCUT2D eigenvalue weighted by Gasteiger charge is -2.39. The summed E-state index contributed by atoms with van der Waals surface area (Å²) in [6.07, 6.45) is 0.362. The van der Waals surface area contributed by atoms with Gasteiger partial charge in [-0.25, -0.2) is 9.18 Å². The van der Waals surface area contributed by atoms with Crippen molar-refractivity contribution in [3.8, 4) is 0 Å². The first-order chi connectivity index (χ1) is 7.55. The predicted octanol–water partition coefficient (Wildman–Crippen LogP) is 1.37. The molecular formula is C11H19FN2O2. The summed E-state index contributed by atoms with van der Waals surface area (Å²) in [4.78, 5) is 10.7. The molecule has 1 saturated carbocycles. The summed E-state index contributed by atoms with van der Waals surface area (Å²) in [6, 6.07) is -0.526. The molecule has 1 aliphatic heterocycles. The van der Waals surface area contributed by atoms with Gasteiger partial charge in [0.1, 0.15) is 6.17 Å². The van der Waals surface area contributed by atoms with Crippen molar-refractivity contribution in [2.24, 2.45) is 11.3 Å². The summed E-state index contributed by atoms with van der Waals surface area (Å²) in [6.45, 7) is 3.59. The number of alkyl halides is 1. The first kappa shape index (κ1) is 11.6. The molecule has 1 aliphatic carbocycles. The number of rotatable bonds is 1. The number of amides is 1. The minimum Gasteiger partial charge on any atom is -0.465 e. The van der Waals surface area contributed by atoms with E-state index in [-0.39, 0.29) is 11.3 Å². The van der Waals surface area contributed by atoms with Crippen LogP contribution in [0.2, 0.25) is 0 Å². The Morgan fingerprint density at radius 1 is 1.50 bits per heavy atom. The average Bonchev–Trinajstić information content (AvgIpc) is 2.44. The van der Waals surface area contributed by atoms with Crippen LogP contribution in [0.5, 0.6) is 0 Å². The van der Waals surface area contributed by atoms with Gasteiger partial charge in [0.2, 0.25) is 0 Å². The summed E-state index contributed by atoms with van der Waals surface area (Å²) in [5, 5.41) is 14.4. The van der Waals surface area contributed by atoms with Gasteiger partial charge in [-0.05, 0) is 43.7 Å². The quantitative estimate of drug-likeness (QED) is 0.637. The van der Waals surface area contributed by atoms with Gasteiger partial charge >= 0.3 is 6.09 Å². The molecule has 5 heteroatoms. The van der Waals surface area contributed by atoms with E-state index in [9.17, 15) is 9.18 Å². The van der Waals surface area contributed by atoms with Crippen LogP contribution in [0.4, 0.5) is 9.18 Å². The number of nitrogens with one attached hydrogen (secondary N) is 2. The summed E-state index contributed by atoms with van der Waals surface area (Å²) in [5.74, 6) is -0.0463. The van der Waals surface area contributed by atoms with Crippen LogP contribution in [0, 0.1) is 11.3 Å². The van der Waals surface area contributed by atoms with Crippen LogP contribution in [0.1, 0.15) is 26.2 Å². The third-order valence-electron chi connectivity index (χ3n) is 4.13. The van der Waals surface area contributed by atoms with Crippen LogP contribution >= 0.6 is 0 Å². The Bertz CT molecular complexity index is 279. The lowest BCUT2D eigenvalue weighted by Crippen LogP contribution is -2.52. The van der Waals surface area contributed by atoms with Gasteiger partial charge in [0.15, 0.2) is 0 Å². The highest BCUT2D eigenvalue weighted by Gasteiger charge is 2.53. The molecule has 2 rings (SSSR count). The van der Waals surface area contributed by atoms with E-state index >= 15 is 0 Å². The number of hydrogen-bond donors (Lipinski definition) is 3.